The third-order valence-corrected chi connectivity index (χ3v) is 5.87. The predicted octanol–water partition coefficient (Wildman–Crippen LogP) is 3.54. The van der Waals surface area contributed by atoms with Crippen molar-refractivity contribution in [2.24, 2.45) is 4.99 Å². The summed E-state index contributed by atoms with van der Waals surface area (Å²) in [4.78, 5) is 9.84. The molecular weight excluding hydrogens is 491 g/mol. The van der Waals surface area contributed by atoms with Crippen molar-refractivity contribution in [3.8, 4) is 0 Å². The van der Waals surface area contributed by atoms with Gasteiger partial charge < -0.3 is 24.6 Å². The van der Waals surface area contributed by atoms with Gasteiger partial charge >= 0.3 is 0 Å². The van der Waals surface area contributed by atoms with Crippen LogP contribution in [0.1, 0.15) is 38.7 Å². The second kappa shape index (κ2) is 13.4. The van der Waals surface area contributed by atoms with E-state index >= 15 is 0 Å². The standard InChI is InChI=1S/C23H38N4O2.HI/c1-4-24-23(26-13-10-21(11-14-26)29-17-7-16-28-3)25-12-15-27-19(2)18-20-8-5-6-9-22(20)27;/h5-6,8-9,19,21H,4,7,10-18H2,1-3H3,(H,24,25);1H. The minimum atomic E-state index is 0. The number of likely N-dealkylation sites (tertiary alicyclic amines) is 1. The van der Waals surface area contributed by atoms with Gasteiger partial charge in [-0.15, -0.1) is 24.0 Å². The Morgan fingerprint density at radius 1 is 1.20 bits per heavy atom. The molecule has 0 spiro atoms. The fourth-order valence-electron chi connectivity index (χ4n) is 4.35. The van der Waals surface area contributed by atoms with Gasteiger partial charge in [-0.2, -0.15) is 0 Å². The average molecular weight is 530 g/mol. The van der Waals surface area contributed by atoms with Crippen molar-refractivity contribution in [3.05, 3.63) is 29.8 Å². The lowest BCUT2D eigenvalue weighted by molar-refractivity contribution is 0.00991. The second-order valence-electron chi connectivity index (χ2n) is 8.01. The van der Waals surface area contributed by atoms with Crippen LogP contribution in [0.25, 0.3) is 0 Å². The zero-order chi connectivity index (χ0) is 20.5. The highest BCUT2D eigenvalue weighted by Crippen LogP contribution is 2.31. The zero-order valence-corrected chi connectivity index (χ0v) is 21.1. The molecule has 0 bridgehead atoms. The van der Waals surface area contributed by atoms with Gasteiger partial charge in [0, 0.05) is 58.2 Å². The Hall–Kier alpha value is -1.06. The molecule has 3 rings (SSSR count). The van der Waals surface area contributed by atoms with Gasteiger partial charge in [0.1, 0.15) is 0 Å². The van der Waals surface area contributed by atoms with Crippen molar-refractivity contribution < 1.29 is 9.47 Å². The number of methoxy groups -OCH3 is 1. The smallest absolute Gasteiger partial charge is 0.193 e. The molecule has 2 aliphatic heterocycles. The molecule has 6 nitrogen and oxygen atoms in total. The number of guanidine groups is 1. The molecule has 1 aromatic carbocycles. The van der Waals surface area contributed by atoms with Gasteiger partial charge in [-0.05, 0) is 51.2 Å². The number of halogens is 1. The summed E-state index contributed by atoms with van der Waals surface area (Å²) in [6.07, 6.45) is 4.60. The van der Waals surface area contributed by atoms with Crippen molar-refractivity contribution in [2.45, 2.75) is 51.7 Å². The molecule has 170 valence electrons. The minimum Gasteiger partial charge on any atom is -0.385 e. The molecule has 0 amide bonds. The summed E-state index contributed by atoms with van der Waals surface area (Å²) in [5.41, 5.74) is 2.84. The topological polar surface area (TPSA) is 49.3 Å². The van der Waals surface area contributed by atoms with E-state index in [-0.39, 0.29) is 24.0 Å². The van der Waals surface area contributed by atoms with Crippen molar-refractivity contribution in [1.29, 1.82) is 0 Å². The van der Waals surface area contributed by atoms with E-state index in [1.54, 1.807) is 7.11 Å². The first kappa shape index (κ1) is 25.2. The summed E-state index contributed by atoms with van der Waals surface area (Å²) in [5.74, 6) is 1.05. The second-order valence-corrected chi connectivity index (χ2v) is 8.01. The molecule has 30 heavy (non-hydrogen) atoms. The van der Waals surface area contributed by atoms with Gasteiger partial charge in [-0.3, -0.25) is 4.99 Å². The van der Waals surface area contributed by atoms with Gasteiger partial charge in [0.15, 0.2) is 5.96 Å². The molecule has 0 saturated carbocycles. The van der Waals surface area contributed by atoms with E-state index in [9.17, 15) is 0 Å². The van der Waals surface area contributed by atoms with Crippen LogP contribution in [0.4, 0.5) is 5.69 Å². The van der Waals surface area contributed by atoms with Crippen LogP contribution < -0.4 is 10.2 Å². The molecule has 1 N–H and O–H groups in total. The third-order valence-electron chi connectivity index (χ3n) is 5.87. The van der Waals surface area contributed by atoms with E-state index in [2.05, 4.69) is 53.2 Å². The Morgan fingerprint density at radius 2 is 1.97 bits per heavy atom. The highest BCUT2D eigenvalue weighted by molar-refractivity contribution is 14.0. The first-order valence-electron chi connectivity index (χ1n) is 11.2. The van der Waals surface area contributed by atoms with Crippen LogP contribution in [0.15, 0.2) is 29.3 Å². The highest BCUT2D eigenvalue weighted by Gasteiger charge is 2.25. The van der Waals surface area contributed by atoms with Crippen LogP contribution in [-0.4, -0.2) is 76.1 Å². The normalized spacial score (nSPS) is 19.6. The number of nitrogens with zero attached hydrogens (tertiary/aromatic N) is 3. The SMILES string of the molecule is CCNC(=NCCN1c2ccccc2CC1C)N1CCC(OCCCOC)CC1.I. The van der Waals surface area contributed by atoms with Gasteiger partial charge in [0.2, 0.25) is 0 Å². The number of nitrogens with one attached hydrogen (secondary N) is 1. The Morgan fingerprint density at radius 3 is 2.70 bits per heavy atom. The van der Waals surface area contributed by atoms with Gasteiger partial charge in [-0.25, -0.2) is 0 Å². The Balaban J connectivity index is 0.00000320. The van der Waals surface area contributed by atoms with Gasteiger partial charge in [-0.1, -0.05) is 18.2 Å². The fraction of sp³-hybridized carbons (Fsp3) is 0.696. The maximum absolute atomic E-state index is 5.99. The lowest BCUT2D eigenvalue weighted by atomic mass is 10.1. The molecule has 1 fully saturated rings. The van der Waals surface area contributed by atoms with Crippen molar-refractivity contribution in [2.75, 3.05) is 57.9 Å². The molecular formula is C23H39IN4O2. The lowest BCUT2D eigenvalue weighted by Crippen LogP contribution is -2.47. The minimum absolute atomic E-state index is 0. The van der Waals surface area contributed by atoms with Crippen LogP contribution in [0.2, 0.25) is 0 Å². The summed E-state index contributed by atoms with van der Waals surface area (Å²) in [6, 6.07) is 9.32. The Kier molecular flexibility index (Phi) is 11.2. The van der Waals surface area contributed by atoms with E-state index < -0.39 is 0 Å². The summed E-state index contributed by atoms with van der Waals surface area (Å²) in [5, 5.41) is 3.48. The van der Waals surface area contributed by atoms with E-state index in [0.717, 1.165) is 77.6 Å². The van der Waals surface area contributed by atoms with Gasteiger partial charge in [0.05, 0.1) is 12.6 Å². The molecule has 2 heterocycles. The maximum Gasteiger partial charge on any atom is 0.193 e. The monoisotopic (exact) mass is 530 g/mol. The number of rotatable bonds is 9. The fourth-order valence-corrected chi connectivity index (χ4v) is 4.35. The summed E-state index contributed by atoms with van der Waals surface area (Å²) < 4.78 is 11.1. The summed E-state index contributed by atoms with van der Waals surface area (Å²) in [6.45, 7) is 10.7. The van der Waals surface area contributed by atoms with Crippen LogP contribution in [-0.2, 0) is 15.9 Å². The summed E-state index contributed by atoms with van der Waals surface area (Å²) >= 11 is 0. The molecule has 7 heteroatoms. The van der Waals surface area contributed by atoms with Crippen molar-refractivity contribution in [3.63, 3.8) is 0 Å². The summed E-state index contributed by atoms with van der Waals surface area (Å²) in [7, 11) is 1.74. The lowest BCUT2D eigenvalue weighted by Gasteiger charge is -2.34. The molecule has 2 aliphatic rings. The van der Waals surface area contributed by atoms with Gasteiger partial charge in [0.25, 0.3) is 0 Å². The molecule has 0 aliphatic carbocycles. The maximum atomic E-state index is 5.99. The highest BCUT2D eigenvalue weighted by atomic mass is 127. The van der Waals surface area contributed by atoms with E-state index in [1.165, 1.54) is 11.3 Å². The van der Waals surface area contributed by atoms with Crippen molar-refractivity contribution >= 4 is 35.6 Å². The largest absolute Gasteiger partial charge is 0.385 e. The Labute approximate surface area is 199 Å². The van der Waals surface area contributed by atoms with E-state index in [4.69, 9.17) is 14.5 Å². The Bertz CT molecular complexity index is 650. The molecule has 1 unspecified atom stereocenters. The number of aliphatic imine (C=N–C) groups is 1. The molecule has 0 aromatic heterocycles. The van der Waals surface area contributed by atoms with Crippen LogP contribution in [0, 0.1) is 0 Å². The average Bonchev–Trinajstić information content (AvgIpc) is 3.06. The zero-order valence-electron chi connectivity index (χ0n) is 18.8. The number of benzene rings is 1. The number of ether oxygens (including phenoxy) is 2. The molecule has 1 atom stereocenters. The quantitative estimate of drug-likeness (QED) is 0.229. The number of fused-ring (bicyclic) bond motifs is 1. The number of hydrogen-bond acceptors (Lipinski definition) is 4. The molecule has 1 aromatic rings. The third kappa shape index (κ3) is 6.99. The first-order chi connectivity index (χ1) is 14.2. The van der Waals surface area contributed by atoms with Crippen LogP contribution in [0.3, 0.4) is 0 Å². The van der Waals surface area contributed by atoms with Crippen molar-refractivity contribution in [1.82, 2.24) is 10.2 Å². The number of piperidine rings is 1. The molecule has 0 radical (unpaired) electrons. The van der Waals surface area contributed by atoms with E-state index in [1.807, 2.05) is 0 Å². The van der Waals surface area contributed by atoms with Crippen LogP contribution >= 0.6 is 24.0 Å². The molecule has 1 saturated heterocycles. The van der Waals surface area contributed by atoms with Crippen LogP contribution in [0.5, 0.6) is 0 Å². The number of anilines is 1. The predicted molar refractivity (Wildman–Crippen MR) is 135 cm³/mol. The van der Waals surface area contributed by atoms with E-state index in [0.29, 0.717) is 12.1 Å². The number of para-hydroxylation sites is 1. The number of hydrogen-bond donors (Lipinski definition) is 1. The first-order valence-corrected chi connectivity index (χ1v) is 11.2.